The number of carbonyl (C=O) groups is 1. The van der Waals surface area contributed by atoms with E-state index in [-0.39, 0.29) is 17.0 Å². The van der Waals surface area contributed by atoms with Crippen LogP contribution in [0, 0.1) is 6.92 Å². The number of hydrogen-bond acceptors (Lipinski definition) is 5. The van der Waals surface area contributed by atoms with Gasteiger partial charge in [-0.3, -0.25) is 14.3 Å². The Balaban J connectivity index is 2.82. The highest BCUT2D eigenvalue weighted by Gasteiger charge is 2.17. The van der Waals surface area contributed by atoms with Crippen LogP contribution in [0.3, 0.4) is 0 Å². The molecule has 8 heteroatoms. The number of nitrogens with zero attached hydrogens (tertiary/aromatic N) is 1. The van der Waals surface area contributed by atoms with Gasteiger partial charge in [-0.25, -0.2) is 9.59 Å². The van der Waals surface area contributed by atoms with Gasteiger partial charge in [-0.15, -0.1) is 0 Å². The van der Waals surface area contributed by atoms with Gasteiger partial charge in [-0.1, -0.05) is 11.3 Å². The zero-order valence-corrected chi connectivity index (χ0v) is 10.5. The zero-order chi connectivity index (χ0) is 13.4. The fourth-order valence-corrected chi connectivity index (χ4v) is 2.73. The van der Waals surface area contributed by atoms with Gasteiger partial charge in [0.05, 0.1) is 5.39 Å². The first kappa shape index (κ1) is 12.4. The Bertz CT molecular complexity index is 739. The highest BCUT2D eigenvalue weighted by Crippen LogP contribution is 2.33. The summed E-state index contributed by atoms with van der Waals surface area (Å²) in [6.45, 7) is 3.50. The summed E-state index contributed by atoms with van der Waals surface area (Å²) in [5, 5.41) is 8.96. The van der Waals surface area contributed by atoms with Gasteiger partial charge in [0.2, 0.25) is 0 Å². The van der Waals surface area contributed by atoms with Crippen molar-refractivity contribution in [3.8, 4) is 5.06 Å². The van der Waals surface area contributed by atoms with Crippen molar-refractivity contribution < 1.29 is 14.6 Å². The smallest absolute Gasteiger partial charge is 0.449 e. The van der Waals surface area contributed by atoms with Gasteiger partial charge in [0.15, 0.2) is 5.06 Å². The van der Waals surface area contributed by atoms with Gasteiger partial charge in [-0.05, 0) is 13.8 Å². The normalized spacial score (nSPS) is 10.8. The van der Waals surface area contributed by atoms with Crippen LogP contribution in [0.2, 0.25) is 0 Å². The minimum atomic E-state index is -1.46. The Morgan fingerprint density at radius 2 is 2.17 bits per heavy atom. The number of thiophene rings is 1. The van der Waals surface area contributed by atoms with Crippen LogP contribution in [0.5, 0.6) is 5.06 Å². The Kier molecular flexibility index (Phi) is 2.95. The molecule has 2 aromatic heterocycles. The second-order valence-electron chi connectivity index (χ2n) is 3.57. The summed E-state index contributed by atoms with van der Waals surface area (Å²) < 4.78 is 5.61. The topological polar surface area (TPSA) is 101 Å². The predicted molar refractivity (Wildman–Crippen MR) is 65.8 cm³/mol. The van der Waals surface area contributed by atoms with E-state index in [1.807, 2.05) is 0 Å². The molecule has 0 aliphatic carbocycles. The second kappa shape index (κ2) is 4.30. The molecule has 2 aromatic rings. The number of rotatable bonds is 2. The maximum Gasteiger partial charge on any atom is 0.512 e. The largest absolute Gasteiger partial charge is 0.512 e. The molecule has 2 N–H and O–H groups in total. The molecule has 0 bridgehead atoms. The molecular weight excluding hydrogens is 260 g/mol. The summed E-state index contributed by atoms with van der Waals surface area (Å²) in [5.41, 5.74) is -0.538. The fraction of sp³-hybridized carbons (Fsp3) is 0.300. The molecule has 0 aliphatic rings. The molecule has 0 amide bonds. The van der Waals surface area contributed by atoms with Crippen molar-refractivity contribution >= 4 is 27.7 Å². The molecule has 2 heterocycles. The lowest BCUT2D eigenvalue weighted by Crippen LogP contribution is -2.34. The summed E-state index contributed by atoms with van der Waals surface area (Å²) in [6.07, 6.45) is -1.46. The molecule has 2 rings (SSSR count). The molecule has 7 nitrogen and oxygen atoms in total. The van der Waals surface area contributed by atoms with E-state index in [4.69, 9.17) is 5.11 Å². The molecule has 0 atom stereocenters. The van der Waals surface area contributed by atoms with Gasteiger partial charge in [-0.2, -0.15) is 0 Å². The first-order valence-corrected chi connectivity index (χ1v) is 5.94. The predicted octanol–water partition coefficient (Wildman–Crippen LogP) is 1.14. The van der Waals surface area contributed by atoms with Crippen molar-refractivity contribution in [3.05, 3.63) is 26.4 Å². The first-order valence-electron chi connectivity index (χ1n) is 5.12. The number of nitrogens with one attached hydrogen (secondary N) is 1. The van der Waals surface area contributed by atoms with E-state index in [1.165, 1.54) is 0 Å². The third-order valence-corrected chi connectivity index (χ3v) is 3.61. The molecular formula is C10H10N2O5S. The van der Waals surface area contributed by atoms with Crippen molar-refractivity contribution in [2.24, 2.45) is 0 Å². The molecule has 0 fully saturated rings. The Morgan fingerprint density at radius 1 is 1.50 bits per heavy atom. The van der Waals surface area contributed by atoms with E-state index in [0.717, 1.165) is 15.9 Å². The van der Waals surface area contributed by atoms with Gasteiger partial charge >= 0.3 is 11.8 Å². The van der Waals surface area contributed by atoms with Crippen LogP contribution in [0.25, 0.3) is 10.2 Å². The van der Waals surface area contributed by atoms with Crippen molar-refractivity contribution in [2.75, 3.05) is 0 Å². The number of ether oxygens (including phenoxy) is 1. The standard InChI is InChI=1S/C10H10N2O5S/c1-3-12-7(13)5-4(2)8(17-10(15)16)18-6(5)11-9(12)14/h3H2,1-2H3,(H,11,14)(H,15,16). The van der Waals surface area contributed by atoms with E-state index in [1.54, 1.807) is 13.8 Å². The van der Waals surface area contributed by atoms with Crippen LogP contribution < -0.4 is 16.0 Å². The summed E-state index contributed by atoms with van der Waals surface area (Å²) in [6, 6.07) is 0. The second-order valence-corrected chi connectivity index (χ2v) is 4.55. The quantitative estimate of drug-likeness (QED) is 0.797. The van der Waals surface area contributed by atoms with Crippen molar-refractivity contribution in [3.63, 3.8) is 0 Å². The van der Waals surface area contributed by atoms with E-state index in [2.05, 4.69) is 9.72 Å². The lowest BCUT2D eigenvalue weighted by atomic mass is 10.2. The SMILES string of the molecule is CCn1c(=O)[nH]c2sc(OC(=O)O)c(C)c2c1=O. The fourth-order valence-electron chi connectivity index (χ4n) is 1.69. The van der Waals surface area contributed by atoms with Gasteiger partial charge in [0.25, 0.3) is 5.56 Å². The van der Waals surface area contributed by atoms with Crippen molar-refractivity contribution in [1.29, 1.82) is 0 Å². The van der Waals surface area contributed by atoms with E-state index in [0.29, 0.717) is 10.4 Å². The van der Waals surface area contributed by atoms with Crippen LogP contribution in [0.15, 0.2) is 9.59 Å². The van der Waals surface area contributed by atoms with Gasteiger partial charge in [0.1, 0.15) is 4.83 Å². The monoisotopic (exact) mass is 270 g/mol. The average Bonchev–Trinajstić information content (AvgIpc) is 2.55. The van der Waals surface area contributed by atoms with Crippen LogP contribution in [-0.2, 0) is 6.54 Å². The number of aromatic nitrogens is 2. The molecule has 0 aliphatic heterocycles. The van der Waals surface area contributed by atoms with Crippen LogP contribution in [0.1, 0.15) is 12.5 Å². The molecule has 96 valence electrons. The lowest BCUT2D eigenvalue weighted by molar-refractivity contribution is 0.145. The molecule has 0 radical (unpaired) electrons. The highest BCUT2D eigenvalue weighted by molar-refractivity contribution is 7.20. The van der Waals surface area contributed by atoms with Crippen LogP contribution in [0.4, 0.5) is 4.79 Å². The van der Waals surface area contributed by atoms with Crippen LogP contribution >= 0.6 is 11.3 Å². The Labute approximate surface area is 104 Å². The number of fused-ring (bicyclic) bond motifs is 1. The minimum absolute atomic E-state index is 0.0964. The first-order chi connectivity index (χ1) is 8.45. The molecule has 0 spiro atoms. The zero-order valence-electron chi connectivity index (χ0n) is 9.64. The van der Waals surface area contributed by atoms with E-state index < -0.39 is 17.4 Å². The molecule has 0 saturated heterocycles. The third-order valence-electron chi connectivity index (χ3n) is 2.52. The van der Waals surface area contributed by atoms with E-state index in [9.17, 15) is 14.4 Å². The van der Waals surface area contributed by atoms with Gasteiger partial charge < -0.3 is 9.84 Å². The van der Waals surface area contributed by atoms with Crippen molar-refractivity contribution in [2.45, 2.75) is 20.4 Å². The van der Waals surface area contributed by atoms with E-state index >= 15 is 0 Å². The number of aromatic amines is 1. The summed E-state index contributed by atoms with van der Waals surface area (Å²) in [5.74, 6) is 0. The number of hydrogen-bond donors (Lipinski definition) is 2. The number of carboxylic acid groups (broad SMARTS) is 1. The van der Waals surface area contributed by atoms with Crippen molar-refractivity contribution in [1.82, 2.24) is 9.55 Å². The maximum atomic E-state index is 12.0. The third kappa shape index (κ3) is 1.80. The molecule has 0 saturated carbocycles. The average molecular weight is 270 g/mol. The molecule has 0 unspecified atom stereocenters. The number of H-pyrrole nitrogens is 1. The molecule has 0 aromatic carbocycles. The highest BCUT2D eigenvalue weighted by atomic mass is 32.1. The lowest BCUT2D eigenvalue weighted by Gasteiger charge is -2.00. The van der Waals surface area contributed by atoms with Crippen LogP contribution in [-0.4, -0.2) is 20.8 Å². The minimum Gasteiger partial charge on any atom is -0.449 e. The summed E-state index contributed by atoms with van der Waals surface area (Å²) >= 11 is 0.928. The molecule has 18 heavy (non-hydrogen) atoms. The Hall–Kier alpha value is -2.09. The summed E-state index contributed by atoms with van der Waals surface area (Å²) in [4.78, 5) is 37.0. The van der Waals surface area contributed by atoms with Gasteiger partial charge in [0, 0.05) is 12.1 Å². The summed E-state index contributed by atoms with van der Waals surface area (Å²) in [7, 11) is 0. The maximum absolute atomic E-state index is 12.0. The Morgan fingerprint density at radius 3 is 2.72 bits per heavy atom. The number of aryl methyl sites for hydroxylation is 1.